The Labute approximate surface area is 177 Å². The van der Waals surface area contributed by atoms with Crippen LogP contribution in [0.5, 0.6) is 0 Å². The molecule has 1 heterocycles. The lowest BCUT2D eigenvalue weighted by Crippen LogP contribution is -2.42. The van der Waals surface area contributed by atoms with Crippen molar-refractivity contribution >= 4 is 132 Å². The largest absolute Gasteiger partial charge is 0.399 e. The molecule has 0 aliphatic carbocycles. The van der Waals surface area contributed by atoms with Gasteiger partial charge < -0.3 is 21.8 Å². The topological polar surface area (TPSA) is 83.0 Å². The second kappa shape index (κ2) is 6.41. The van der Waals surface area contributed by atoms with Crippen LogP contribution in [-0.2, 0) is 0 Å². The molecule has 4 nitrogen and oxygen atoms in total. The highest BCUT2D eigenvalue weighted by molar-refractivity contribution is 6.63. The van der Waals surface area contributed by atoms with Crippen molar-refractivity contribution in [3.8, 4) is 5.69 Å². The maximum absolute atomic E-state index is 6.73. The molecule has 0 atom stereocenters. The third kappa shape index (κ3) is 2.49. The highest BCUT2D eigenvalue weighted by atomic mass is 15.0. The van der Waals surface area contributed by atoms with Crippen molar-refractivity contribution in [3.63, 3.8) is 0 Å². The molecule has 4 aromatic rings. The third-order valence-electron chi connectivity index (χ3n) is 6.83. The fraction of sp³-hybridized carbons (Fsp3) is 0. The Kier molecular flexibility index (Phi) is 4.34. The van der Waals surface area contributed by atoms with Crippen LogP contribution in [0.4, 0.5) is 17.1 Å². The molecule has 136 valence electrons. The Morgan fingerprint density at radius 3 is 1.86 bits per heavy atom. The third-order valence-corrected chi connectivity index (χ3v) is 6.83. The van der Waals surface area contributed by atoms with Crippen molar-refractivity contribution in [2.45, 2.75) is 0 Å². The van der Waals surface area contributed by atoms with E-state index in [9.17, 15) is 0 Å². The molecule has 6 N–H and O–H groups in total. The summed E-state index contributed by atoms with van der Waals surface area (Å²) in [5, 5.41) is 2.33. The van der Waals surface area contributed by atoms with Crippen molar-refractivity contribution in [1.29, 1.82) is 0 Å². The van der Waals surface area contributed by atoms with Gasteiger partial charge in [0.1, 0.15) is 54.9 Å². The van der Waals surface area contributed by atoms with Crippen molar-refractivity contribution in [1.82, 2.24) is 4.57 Å². The van der Waals surface area contributed by atoms with Crippen LogP contribution in [0.1, 0.15) is 0 Å². The van der Waals surface area contributed by atoms with E-state index in [2.05, 4.69) is 71.6 Å². The summed E-state index contributed by atoms with van der Waals surface area (Å²) in [7, 11) is 14.9. The number of hydrogen-bond acceptors (Lipinski definition) is 3. The van der Waals surface area contributed by atoms with E-state index in [1.165, 1.54) is 32.8 Å². The normalized spacial score (nSPS) is 11.4. The molecule has 0 saturated heterocycles. The smallest absolute Gasteiger partial charge is 0.142 e. The number of benzene rings is 3. The molecule has 0 bridgehead atoms. The summed E-state index contributed by atoms with van der Waals surface area (Å²) < 4.78 is 2.32. The Balaban J connectivity index is 2.43. The summed E-state index contributed by atoms with van der Waals surface area (Å²) in [4.78, 5) is 0. The zero-order valence-electron chi connectivity index (χ0n) is 18.4. The van der Waals surface area contributed by atoms with Gasteiger partial charge in [0.15, 0.2) is 0 Å². The fourth-order valence-electron chi connectivity index (χ4n) is 4.68. The van der Waals surface area contributed by atoms with Crippen molar-refractivity contribution < 1.29 is 0 Å². The number of fused-ring (bicyclic) bond motifs is 3. The number of aromatic nitrogens is 1. The van der Waals surface area contributed by atoms with E-state index in [0.717, 1.165) is 44.4 Å². The van der Waals surface area contributed by atoms with Gasteiger partial charge in [0.25, 0.3) is 0 Å². The van der Waals surface area contributed by atoms with Crippen molar-refractivity contribution in [2.75, 3.05) is 17.2 Å². The lowest BCUT2D eigenvalue weighted by Gasteiger charge is -2.21. The van der Waals surface area contributed by atoms with Crippen LogP contribution in [0.15, 0.2) is 18.2 Å². The van der Waals surface area contributed by atoms with Crippen LogP contribution in [0.25, 0.3) is 27.5 Å². The molecule has 29 heavy (non-hydrogen) atoms. The van der Waals surface area contributed by atoms with E-state index in [-0.39, 0.29) is 0 Å². The molecule has 0 fully saturated rings. The number of rotatable bonds is 1. The minimum atomic E-state index is 0.682. The van der Waals surface area contributed by atoms with Crippen LogP contribution >= 0.6 is 0 Å². The van der Waals surface area contributed by atoms with Crippen LogP contribution in [0.2, 0.25) is 0 Å². The van der Waals surface area contributed by atoms with Gasteiger partial charge in [0.05, 0.1) is 11.4 Å². The van der Waals surface area contributed by atoms with Gasteiger partial charge in [-0.3, -0.25) is 0 Å². The second-order valence-electron chi connectivity index (χ2n) is 8.42. The van der Waals surface area contributed by atoms with Gasteiger partial charge in [-0.25, -0.2) is 0 Å². The van der Waals surface area contributed by atoms with Crippen LogP contribution in [0.3, 0.4) is 0 Å². The summed E-state index contributed by atoms with van der Waals surface area (Å²) in [5.74, 6) is 0. The minimum Gasteiger partial charge on any atom is -0.399 e. The first kappa shape index (κ1) is 19.6. The zero-order valence-corrected chi connectivity index (χ0v) is 18.4. The average molecular weight is 371 g/mol. The van der Waals surface area contributed by atoms with Crippen LogP contribution in [-0.4, -0.2) is 59.5 Å². The summed E-state index contributed by atoms with van der Waals surface area (Å²) >= 11 is 0. The van der Waals surface area contributed by atoms with Gasteiger partial charge in [-0.1, -0.05) is 50.4 Å². The van der Waals surface area contributed by atoms with E-state index in [1.807, 2.05) is 6.07 Å². The van der Waals surface area contributed by atoms with E-state index < -0.39 is 0 Å². The minimum absolute atomic E-state index is 0.682. The van der Waals surface area contributed by atoms with Gasteiger partial charge >= 0.3 is 0 Å². The highest BCUT2D eigenvalue weighted by Gasteiger charge is 2.23. The van der Waals surface area contributed by atoms with Gasteiger partial charge in [0.2, 0.25) is 0 Å². The van der Waals surface area contributed by atoms with Gasteiger partial charge in [-0.2, -0.15) is 0 Å². The lowest BCUT2D eigenvalue weighted by molar-refractivity contribution is 1.21. The SMILES string of the molecule is Bc1c(N)cc(N)c(-n2c3c(B)ccc(B)c3c3c(N)c(B)c(B)c(B)c32)c1B. The molecule has 0 aliphatic rings. The lowest BCUT2D eigenvalue weighted by atomic mass is 9.70. The van der Waals surface area contributed by atoms with E-state index in [0.29, 0.717) is 5.69 Å². The molecule has 0 aliphatic heterocycles. The fourth-order valence-corrected chi connectivity index (χ4v) is 4.68. The number of nitrogen functional groups attached to an aromatic ring is 3. The van der Waals surface area contributed by atoms with Gasteiger partial charge in [-0.05, 0) is 6.07 Å². The Hall–Kier alpha value is -2.69. The average Bonchev–Trinajstić information content (AvgIpc) is 3.03. The molecular formula is C18H23B7N4. The molecule has 0 saturated carbocycles. The van der Waals surface area contributed by atoms with Gasteiger partial charge in [-0.15, -0.1) is 0 Å². The summed E-state index contributed by atoms with van der Waals surface area (Å²) in [6, 6.07) is 6.23. The quantitative estimate of drug-likeness (QED) is 0.230. The Morgan fingerprint density at radius 1 is 0.586 bits per heavy atom. The highest BCUT2D eigenvalue weighted by Crippen LogP contribution is 2.32. The number of nitrogens with two attached hydrogens (primary N) is 3. The molecule has 0 spiro atoms. The Morgan fingerprint density at radius 2 is 1.21 bits per heavy atom. The molecule has 1 aromatic heterocycles. The first-order valence-electron chi connectivity index (χ1n) is 10.0. The zero-order chi connectivity index (χ0) is 21.4. The van der Waals surface area contributed by atoms with Crippen LogP contribution in [0, 0.1) is 0 Å². The number of hydrogen-bond donors (Lipinski definition) is 3. The number of nitrogens with zero attached hydrogens (tertiary/aromatic N) is 1. The summed E-state index contributed by atoms with van der Waals surface area (Å²) in [6.45, 7) is 0. The van der Waals surface area contributed by atoms with Gasteiger partial charge in [0, 0.05) is 33.2 Å². The summed E-state index contributed by atoms with van der Waals surface area (Å²) in [6.07, 6.45) is 0. The monoisotopic (exact) mass is 372 g/mol. The maximum atomic E-state index is 6.73. The molecule has 0 amide bonds. The molecule has 0 unspecified atom stereocenters. The molecule has 11 heteroatoms. The first-order valence-corrected chi connectivity index (χ1v) is 10.0. The molecular weight excluding hydrogens is 348 g/mol. The second-order valence-corrected chi connectivity index (χ2v) is 8.42. The Bertz CT molecular complexity index is 1360. The number of anilines is 3. The van der Waals surface area contributed by atoms with E-state index in [1.54, 1.807) is 0 Å². The molecule has 3 aromatic carbocycles. The molecule has 0 radical (unpaired) electrons. The van der Waals surface area contributed by atoms with Crippen LogP contribution < -0.4 is 55.4 Å². The first-order chi connectivity index (χ1) is 13.6. The summed E-state index contributed by atoms with van der Waals surface area (Å²) in [5.41, 5.74) is 33.2. The predicted molar refractivity (Wildman–Crippen MR) is 151 cm³/mol. The van der Waals surface area contributed by atoms with Crippen molar-refractivity contribution in [3.05, 3.63) is 18.2 Å². The molecule has 4 rings (SSSR count). The standard InChI is InChI=1S/C18H23B7N4/c19-4-1-2-5(20)16-8(4)9-15(28)12(23)11(22)14(25)18(9)29(16)17-7(27)3-6(26)10(21)13(17)24/h1-3H,19-28H2. The van der Waals surface area contributed by atoms with E-state index >= 15 is 0 Å². The predicted octanol–water partition coefficient (Wildman–Crippen LogP) is -8.66. The van der Waals surface area contributed by atoms with Crippen molar-refractivity contribution in [2.24, 2.45) is 0 Å². The maximum Gasteiger partial charge on any atom is 0.142 e. The van der Waals surface area contributed by atoms with E-state index in [4.69, 9.17) is 17.2 Å².